The number of hydrogen-bond donors (Lipinski definition) is 1. The predicted octanol–water partition coefficient (Wildman–Crippen LogP) is 1.91. The predicted molar refractivity (Wildman–Crippen MR) is 40.2 cm³/mol. The van der Waals surface area contributed by atoms with E-state index < -0.39 is 0 Å². The molecule has 0 aromatic carbocycles. The summed E-state index contributed by atoms with van der Waals surface area (Å²) in [4.78, 5) is 0. The maximum absolute atomic E-state index is 5.82. The average molecular weight is 127 g/mol. The van der Waals surface area contributed by atoms with E-state index in [0.717, 1.165) is 0 Å². The SMILES string of the molecule is CCCC1([C@H](C)N)CC1. The molecule has 0 saturated heterocycles. The molecule has 1 nitrogen and oxygen atoms in total. The highest BCUT2D eigenvalue weighted by Crippen LogP contribution is 2.51. The Balaban J connectivity index is 2.33. The Morgan fingerprint density at radius 3 is 2.22 bits per heavy atom. The Morgan fingerprint density at radius 2 is 2.11 bits per heavy atom. The third-order valence-electron chi connectivity index (χ3n) is 2.61. The van der Waals surface area contributed by atoms with Crippen molar-refractivity contribution in [3.63, 3.8) is 0 Å². The molecular weight excluding hydrogens is 110 g/mol. The minimum atomic E-state index is 0.428. The molecule has 1 heteroatoms. The number of hydrogen-bond acceptors (Lipinski definition) is 1. The van der Waals surface area contributed by atoms with Crippen LogP contribution in [0.15, 0.2) is 0 Å². The second kappa shape index (κ2) is 2.30. The van der Waals surface area contributed by atoms with Gasteiger partial charge < -0.3 is 5.73 Å². The van der Waals surface area contributed by atoms with Gasteiger partial charge in [0.15, 0.2) is 0 Å². The Bertz CT molecular complexity index is 92.7. The first-order valence-electron chi connectivity index (χ1n) is 3.97. The number of rotatable bonds is 3. The zero-order valence-corrected chi connectivity index (χ0v) is 6.48. The molecule has 2 N–H and O–H groups in total. The van der Waals surface area contributed by atoms with Crippen molar-refractivity contribution in [1.29, 1.82) is 0 Å². The summed E-state index contributed by atoms with van der Waals surface area (Å²) in [5, 5.41) is 0. The standard InChI is InChI=1S/C8H17N/c1-3-4-8(5-6-8)7(2)9/h7H,3-6,9H2,1-2H3/t7-/m0/s1. The second-order valence-corrected chi connectivity index (χ2v) is 3.40. The van der Waals surface area contributed by atoms with Crippen LogP contribution >= 0.6 is 0 Å². The van der Waals surface area contributed by atoms with E-state index in [0.29, 0.717) is 11.5 Å². The minimum absolute atomic E-state index is 0.428. The van der Waals surface area contributed by atoms with Crippen LogP contribution < -0.4 is 5.73 Å². The summed E-state index contributed by atoms with van der Waals surface area (Å²) in [6.45, 7) is 4.38. The van der Waals surface area contributed by atoms with Gasteiger partial charge in [-0.05, 0) is 31.6 Å². The molecule has 1 aliphatic carbocycles. The minimum Gasteiger partial charge on any atom is -0.327 e. The molecule has 1 aliphatic rings. The Kier molecular flexibility index (Phi) is 1.80. The second-order valence-electron chi connectivity index (χ2n) is 3.40. The third-order valence-corrected chi connectivity index (χ3v) is 2.61. The highest BCUT2D eigenvalue weighted by molar-refractivity contribution is 4.98. The molecule has 1 atom stereocenters. The molecule has 1 rings (SSSR count). The first-order chi connectivity index (χ1) is 4.21. The summed E-state index contributed by atoms with van der Waals surface area (Å²) in [5.74, 6) is 0. The van der Waals surface area contributed by atoms with Gasteiger partial charge in [-0.1, -0.05) is 13.3 Å². The van der Waals surface area contributed by atoms with Gasteiger partial charge in [0.2, 0.25) is 0 Å². The van der Waals surface area contributed by atoms with Crippen molar-refractivity contribution >= 4 is 0 Å². The molecular formula is C8H17N. The van der Waals surface area contributed by atoms with Crippen molar-refractivity contribution in [2.24, 2.45) is 11.1 Å². The highest BCUT2D eigenvalue weighted by atomic mass is 14.7. The first kappa shape index (κ1) is 7.07. The maximum Gasteiger partial charge on any atom is 0.00670 e. The van der Waals surface area contributed by atoms with E-state index >= 15 is 0 Å². The molecule has 1 saturated carbocycles. The third kappa shape index (κ3) is 1.26. The van der Waals surface area contributed by atoms with Crippen LogP contribution in [-0.4, -0.2) is 6.04 Å². The highest BCUT2D eigenvalue weighted by Gasteiger charge is 2.44. The Labute approximate surface area is 57.6 Å². The average Bonchev–Trinajstić information content (AvgIpc) is 2.49. The molecule has 0 bridgehead atoms. The van der Waals surface area contributed by atoms with E-state index in [2.05, 4.69) is 13.8 Å². The molecule has 0 spiro atoms. The van der Waals surface area contributed by atoms with E-state index in [4.69, 9.17) is 5.73 Å². The lowest BCUT2D eigenvalue weighted by Gasteiger charge is -2.17. The van der Waals surface area contributed by atoms with Crippen molar-refractivity contribution in [3.05, 3.63) is 0 Å². The zero-order valence-electron chi connectivity index (χ0n) is 6.48. The topological polar surface area (TPSA) is 26.0 Å². The summed E-state index contributed by atoms with van der Waals surface area (Å²) in [6, 6.07) is 0.428. The van der Waals surface area contributed by atoms with Gasteiger partial charge in [0.1, 0.15) is 0 Å². The molecule has 0 aliphatic heterocycles. The normalized spacial score (nSPS) is 25.7. The first-order valence-corrected chi connectivity index (χ1v) is 3.97. The van der Waals surface area contributed by atoms with E-state index in [1.54, 1.807) is 0 Å². The van der Waals surface area contributed by atoms with Crippen LogP contribution in [0.2, 0.25) is 0 Å². The van der Waals surface area contributed by atoms with Crippen molar-refractivity contribution in [3.8, 4) is 0 Å². The quantitative estimate of drug-likeness (QED) is 0.615. The molecule has 0 heterocycles. The lowest BCUT2D eigenvalue weighted by Crippen LogP contribution is -2.27. The van der Waals surface area contributed by atoms with Crippen LogP contribution in [0.4, 0.5) is 0 Å². The van der Waals surface area contributed by atoms with Crippen molar-refractivity contribution in [2.45, 2.75) is 45.6 Å². The monoisotopic (exact) mass is 127 g/mol. The lowest BCUT2D eigenvalue weighted by atomic mass is 9.93. The largest absolute Gasteiger partial charge is 0.327 e. The van der Waals surface area contributed by atoms with Gasteiger partial charge in [-0.3, -0.25) is 0 Å². The Morgan fingerprint density at radius 1 is 1.56 bits per heavy atom. The van der Waals surface area contributed by atoms with Crippen LogP contribution in [0, 0.1) is 5.41 Å². The van der Waals surface area contributed by atoms with E-state index in [1.165, 1.54) is 25.7 Å². The molecule has 1 fully saturated rings. The smallest absolute Gasteiger partial charge is 0.00670 e. The summed E-state index contributed by atoms with van der Waals surface area (Å²) < 4.78 is 0. The van der Waals surface area contributed by atoms with Crippen LogP contribution in [0.3, 0.4) is 0 Å². The molecule has 54 valence electrons. The van der Waals surface area contributed by atoms with Crippen molar-refractivity contribution in [1.82, 2.24) is 0 Å². The zero-order chi connectivity index (χ0) is 6.91. The van der Waals surface area contributed by atoms with E-state index in [-0.39, 0.29) is 0 Å². The van der Waals surface area contributed by atoms with Crippen molar-refractivity contribution in [2.75, 3.05) is 0 Å². The maximum atomic E-state index is 5.82. The van der Waals surface area contributed by atoms with Gasteiger partial charge in [-0.25, -0.2) is 0 Å². The van der Waals surface area contributed by atoms with Gasteiger partial charge in [-0.15, -0.1) is 0 Å². The summed E-state index contributed by atoms with van der Waals surface area (Å²) in [6.07, 6.45) is 5.38. The lowest BCUT2D eigenvalue weighted by molar-refractivity contribution is 0.386. The molecule has 0 amide bonds. The fourth-order valence-corrected chi connectivity index (χ4v) is 1.59. The molecule has 0 aromatic heterocycles. The van der Waals surface area contributed by atoms with E-state index in [9.17, 15) is 0 Å². The van der Waals surface area contributed by atoms with Gasteiger partial charge in [0, 0.05) is 6.04 Å². The molecule has 0 aromatic rings. The van der Waals surface area contributed by atoms with Gasteiger partial charge >= 0.3 is 0 Å². The number of nitrogens with two attached hydrogens (primary N) is 1. The summed E-state index contributed by atoms with van der Waals surface area (Å²) in [7, 11) is 0. The van der Waals surface area contributed by atoms with Crippen LogP contribution in [0.25, 0.3) is 0 Å². The van der Waals surface area contributed by atoms with Gasteiger partial charge in [0.25, 0.3) is 0 Å². The fourth-order valence-electron chi connectivity index (χ4n) is 1.59. The van der Waals surface area contributed by atoms with Gasteiger partial charge in [0.05, 0.1) is 0 Å². The molecule has 0 unspecified atom stereocenters. The van der Waals surface area contributed by atoms with Crippen LogP contribution in [-0.2, 0) is 0 Å². The molecule has 9 heavy (non-hydrogen) atoms. The fraction of sp³-hybridized carbons (Fsp3) is 1.00. The summed E-state index contributed by atoms with van der Waals surface area (Å²) >= 11 is 0. The van der Waals surface area contributed by atoms with Crippen molar-refractivity contribution < 1.29 is 0 Å². The Hall–Kier alpha value is -0.0400. The molecule has 0 radical (unpaired) electrons. The summed E-state index contributed by atoms with van der Waals surface area (Å²) in [5.41, 5.74) is 6.40. The van der Waals surface area contributed by atoms with Crippen LogP contribution in [0.5, 0.6) is 0 Å². The van der Waals surface area contributed by atoms with E-state index in [1.807, 2.05) is 0 Å². The van der Waals surface area contributed by atoms with Crippen LogP contribution in [0.1, 0.15) is 39.5 Å². The van der Waals surface area contributed by atoms with Gasteiger partial charge in [-0.2, -0.15) is 0 Å².